The SMILES string of the molecule is CCC1(C)CCN(C(=O)c2nc[nH]c2C(=O)O)CC1. The number of amides is 1. The molecule has 1 fully saturated rings. The Labute approximate surface area is 111 Å². The van der Waals surface area contributed by atoms with Crippen molar-refractivity contribution in [2.75, 3.05) is 13.1 Å². The fourth-order valence-electron chi connectivity index (χ4n) is 2.37. The second-order valence-electron chi connectivity index (χ2n) is 5.39. The molecule has 0 aromatic carbocycles. The third-order valence-corrected chi connectivity index (χ3v) is 4.17. The van der Waals surface area contributed by atoms with E-state index < -0.39 is 5.97 Å². The number of aromatic amines is 1. The lowest BCUT2D eigenvalue weighted by atomic mass is 9.78. The predicted octanol–water partition coefficient (Wildman–Crippen LogP) is 1.76. The number of aromatic nitrogens is 2. The highest BCUT2D eigenvalue weighted by Gasteiger charge is 2.32. The lowest BCUT2D eigenvalue weighted by molar-refractivity contribution is 0.0578. The van der Waals surface area contributed by atoms with Crippen LogP contribution in [0, 0.1) is 5.41 Å². The van der Waals surface area contributed by atoms with Gasteiger partial charge in [-0.25, -0.2) is 9.78 Å². The highest BCUT2D eigenvalue weighted by atomic mass is 16.4. The fourth-order valence-corrected chi connectivity index (χ4v) is 2.37. The van der Waals surface area contributed by atoms with E-state index in [1.165, 1.54) is 6.33 Å². The number of rotatable bonds is 3. The summed E-state index contributed by atoms with van der Waals surface area (Å²) in [5.74, 6) is -1.45. The van der Waals surface area contributed by atoms with Gasteiger partial charge in [-0.2, -0.15) is 0 Å². The van der Waals surface area contributed by atoms with Crippen LogP contribution in [-0.4, -0.2) is 44.9 Å². The first-order valence-corrected chi connectivity index (χ1v) is 6.53. The number of piperidine rings is 1. The maximum Gasteiger partial charge on any atom is 0.354 e. The Hall–Kier alpha value is -1.85. The molecule has 104 valence electrons. The van der Waals surface area contributed by atoms with Gasteiger partial charge in [0.25, 0.3) is 5.91 Å². The molecule has 1 saturated heterocycles. The van der Waals surface area contributed by atoms with Crippen LogP contribution in [0.1, 0.15) is 54.1 Å². The quantitative estimate of drug-likeness (QED) is 0.871. The number of hydrogen-bond donors (Lipinski definition) is 2. The highest BCUT2D eigenvalue weighted by Crippen LogP contribution is 2.34. The first-order chi connectivity index (χ1) is 8.97. The summed E-state index contributed by atoms with van der Waals surface area (Å²) in [6, 6.07) is 0. The van der Waals surface area contributed by atoms with Gasteiger partial charge < -0.3 is 15.0 Å². The van der Waals surface area contributed by atoms with Crippen LogP contribution in [-0.2, 0) is 0 Å². The van der Waals surface area contributed by atoms with Crippen LogP contribution >= 0.6 is 0 Å². The molecule has 19 heavy (non-hydrogen) atoms. The molecule has 6 heteroatoms. The van der Waals surface area contributed by atoms with Crippen LogP contribution in [0.25, 0.3) is 0 Å². The minimum absolute atomic E-state index is 0.00704. The monoisotopic (exact) mass is 265 g/mol. The molecule has 2 N–H and O–H groups in total. The largest absolute Gasteiger partial charge is 0.477 e. The standard InChI is InChI=1S/C13H19N3O3/c1-3-13(2)4-6-16(7-5-13)11(17)9-10(12(18)19)15-8-14-9/h8H,3-7H2,1-2H3,(H,14,15)(H,18,19). The average molecular weight is 265 g/mol. The van der Waals surface area contributed by atoms with Gasteiger partial charge in [-0.05, 0) is 18.3 Å². The van der Waals surface area contributed by atoms with Crippen molar-refractivity contribution in [2.24, 2.45) is 5.41 Å². The first kappa shape index (κ1) is 13.6. The van der Waals surface area contributed by atoms with Gasteiger partial charge in [-0.1, -0.05) is 20.3 Å². The Bertz CT molecular complexity index is 487. The summed E-state index contributed by atoms with van der Waals surface area (Å²) in [4.78, 5) is 31.3. The van der Waals surface area contributed by atoms with Crippen molar-refractivity contribution in [1.29, 1.82) is 0 Å². The van der Waals surface area contributed by atoms with E-state index in [1.807, 2.05) is 0 Å². The fraction of sp³-hybridized carbons (Fsp3) is 0.615. The van der Waals surface area contributed by atoms with E-state index in [0.29, 0.717) is 13.1 Å². The molecule has 2 heterocycles. The van der Waals surface area contributed by atoms with Crippen LogP contribution in [0.3, 0.4) is 0 Å². The summed E-state index contributed by atoms with van der Waals surface area (Å²) < 4.78 is 0. The molecule has 0 unspecified atom stereocenters. The van der Waals surface area contributed by atoms with Gasteiger partial charge in [0, 0.05) is 13.1 Å². The number of H-pyrrole nitrogens is 1. The van der Waals surface area contributed by atoms with Gasteiger partial charge in [0.1, 0.15) is 0 Å². The molecule has 6 nitrogen and oxygen atoms in total. The number of nitrogens with one attached hydrogen (secondary N) is 1. The maximum atomic E-state index is 12.3. The number of aromatic carboxylic acids is 1. The third kappa shape index (κ3) is 2.62. The van der Waals surface area contributed by atoms with Crippen molar-refractivity contribution in [3.63, 3.8) is 0 Å². The first-order valence-electron chi connectivity index (χ1n) is 6.53. The normalized spacial score (nSPS) is 18.3. The van der Waals surface area contributed by atoms with Gasteiger partial charge in [-0.15, -0.1) is 0 Å². The molecule has 0 aliphatic carbocycles. The summed E-state index contributed by atoms with van der Waals surface area (Å²) in [6.45, 7) is 5.71. The number of carboxylic acid groups (broad SMARTS) is 1. The minimum atomic E-state index is -1.16. The van der Waals surface area contributed by atoms with Crippen molar-refractivity contribution in [2.45, 2.75) is 33.1 Å². The van der Waals surface area contributed by atoms with Gasteiger partial charge in [0.05, 0.1) is 6.33 Å². The van der Waals surface area contributed by atoms with E-state index in [1.54, 1.807) is 4.90 Å². The van der Waals surface area contributed by atoms with E-state index in [9.17, 15) is 9.59 Å². The summed E-state index contributed by atoms with van der Waals surface area (Å²) in [6.07, 6.45) is 4.23. The summed E-state index contributed by atoms with van der Waals surface area (Å²) >= 11 is 0. The van der Waals surface area contributed by atoms with Crippen molar-refractivity contribution in [3.8, 4) is 0 Å². The van der Waals surface area contributed by atoms with E-state index in [0.717, 1.165) is 19.3 Å². The van der Waals surface area contributed by atoms with E-state index in [4.69, 9.17) is 5.11 Å². The van der Waals surface area contributed by atoms with Crippen molar-refractivity contribution in [1.82, 2.24) is 14.9 Å². The number of likely N-dealkylation sites (tertiary alicyclic amines) is 1. The zero-order chi connectivity index (χ0) is 14.0. The molecule has 0 radical (unpaired) electrons. The smallest absolute Gasteiger partial charge is 0.354 e. The molecular weight excluding hydrogens is 246 g/mol. The molecule has 1 aliphatic heterocycles. The highest BCUT2D eigenvalue weighted by molar-refractivity contribution is 6.02. The second kappa shape index (κ2) is 5.03. The van der Waals surface area contributed by atoms with E-state index in [-0.39, 0.29) is 22.7 Å². The Morgan fingerprint density at radius 2 is 2.11 bits per heavy atom. The van der Waals surface area contributed by atoms with Gasteiger partial charge in [0.15, 0.2) is 11.4 Å². The van der Waals surface area contributed by atoms with Crippen LogP contribution < -0.4 is 0 Å². The molecule has 2 rings (SSSR count). The Morgan fingerprint density at radius 3 is 2.63 bits per heavy atom. The Balaban J connectivity index is 2.10. The number of carbonyl (C=O) groups is 2. The molecule has 1 aliphatic rings. The summed E-state index contributed by atoms with van der Waals surface area (Å²) in [5.41, 5.74) is 0.166. The van der Waals surface area contributed by atoms with Crippen molar-refractivity contribution in [3.05, 3.63) is 17.7 Å². The Morgan fingerprint density at radius 1 is 1.47 bits per heavy atom. The summed E-state index contributed by atoms with van der Waals surface area (Å²) in [5, 5.41) is 8.98. The van der Waals surface area contributed by atoms with Crippen LogP contribution in [0.5, 0.6) is 0 Å². The average Bonchev–Trinajstić information content (AvgIpc) is 2.88. The van der Waals surface area contributed by atoms with Crippen LogP contribution in [0.15, 0.2) is 6.33 Å². The lowest BCUT2D eigenvalue weighted by Crippen LogP contribution is -2.42. The number of imidazole rings is 1. The number of carbonyl (C=O) groups excluding carboxylic acids is 1. The van der Waals surface area contributed by atoms with Gasteiger partial charge >= 0.3 is 5.97 Å². The van der Waals surface area contributed by atoms with Crippen molar-refractivity contribution < 1.29 is 14.7 Å². The molecular formula is C13H19N3O3. The molecule has 1 aromatic rings. The third-order valence-electron chi connectivity index (χ3n) is 4.17. The van der Waals surface area contributed by atoms with E-state index in [2.05, 4.69) is 23.8 Å². The van der Waals surface area contributed by atoms with E-state index >= 15 is 0 Å². The van der Waals surface area contributed by atoms with Crippen LogP contribution in [0.2, 0.25) is 0 Å². The number of hydrogen-bond acceptors (Lipinski definition) is 3. The zero-order valence-corrected chi connectivity index (χ0v) is 11.3. The molecule has 0 atom stereocenters. The minimum Gasteiger partial charge on any atom is -0.477 e. The lowest BCUT2D eigenvalue weighted by Gasteiger charge is -2.38. The van der Waals surface area contributed by atoms with Gasteiger partial charge in [0.2, 0.25) is 0 Å². The molecule has 1 aromatic heterocycles. The van der Waals surface area contributed by atoms with Gasteiger partial charge in [-0.3, -0.25) is 4.79 Å². The molecule has 0 spiro atoms. The molecule has 1 amide bonds. The number of nitrogens with zero attached hydrogens (tertiary/aromatic N) is 2. The van der Waals surface area contributed by atoms with Crippen molar-refractivity contribution >= 4 is 11.9 Å². The summed E-state index contributed by atoms with van der Waals surface area (Å²) in [7, 11) is 0. The topological polar surface area (TPSA) is 86.3 Å². The predicted molar refractivity (Wildman–Crippen MR) is 69.1 cm³/mol. The Kier molecular flexibility index (Phi) is 3.59. The maximum absolute atomic E-state index is 12.3. The zero-order valence-electron chi connectivity index (χ0n) is 11.3. The molecule has 0 saturated carbocycles. The number of carboxylic acids is 1. The molecule has 0 bridgehead atoms. The van der Waals surface area contributed by atoms with Crippen LogP contribution in [0.4, 0.5) is 0 Å². The second-order valence-corrected chi connectivity index (χ2v) is 5.39.